The van der Waals surface area contributed by atoms with Crippen molar-refractivity contribution in [1.82, 2.24) is 10.2 Å². The highest BCUT2D eigenvalue weighted by molar-refractivity contribution is 6.30. The van der Waals surface area contributed by atoms with Crippen molar-refractivity contribution in [3.05, 3.63) is 34.9 Å². The summed E-state index contributed by atoms with van der Waals surface area (Å²) in [5, 5.41) is 3.60. The average molecular weight is 239 g/mol. The average Bonchev–Trinajstić information content (AvgIpc) is 2.28. The zero-order valence-corrected chi connectivity index (χ0v) is 10.00. The maximum atomic E-state index is 11.5. The van der Waals surface area contributed by atoms with E-state index in [0.717, 1.165) is 24.7 Å². The lowest BCUT2D eigenvalue weighted by atomic mass is 10.1. The van der Waals surface area contributed by atoms with Gasteiger partial charge in [0.05, 0.1) is 6.04 Å². The minimum atomic E-state index is -0.0515. The molecular weight excluding hydrogens is 224 g/mol. The van der Waals surface area contributed by atoms with Gasteiger partial charge in [0.1, 0.15) is 0 Å². The summed E-state index contributed by atoms with van der Waals surface area (Å²) >= 11 is 5.83. The molecule has 1 aliphatic heterocycles. The third-order valence-corrected chi connectivity index (χ3v) is 3.18. The summed E-state index contributed by atoms with van der Waals surface area (Å²) in [5.41, 5.74) is 1.19. The van der Waals surface area contributed by atoms with E-state index in [-0.39, 0.29) is 11.9 Å². The van der Waals surface area contributed by atoms with Gasteiger partial charge in [-0.15, -0.1) is 0 Å². The van der Waals surface area contributed by atoms with Crippen LogP contribution in [0, 0.1) is 0 Å². The van der Waals surface area contributed by atoms with Gasteiger partial charge >= 0.3 is 0 Å². The highest BCUT2D eigenvalue weighted by Crippen LogP contribution is 2.14. The molecule has 1 aliphatic rings. The molecule has 86 valence electrons. The number of carbonyl (C=O) groups excluding carboxylic acids is 1. The van der Waals surface area contributed by atoms with Gasteiger partial charge in [-0.25, -0.2) is 0 Å². The van der Waals surface area contributed by atoms with Gasteiger partial charge in [-0.3, -0.25) is 9.69 Å². The third kappa shape index (κ3) is 2.54. The van der Waals surface area contributed by atoms with Crippen LogP contribution in [0.5, 0.6) is 0 Å². The lowest BCUT2D eigenvalue weighted by Crippen LogP contribution is -2.53. The van der Waals surface area contributed by atoms with E-state index in [1.165, 1.54) is 5.56 Å². The Bertz CT molecular complexity index is 377. The molecule has 1 saturated heterocycles. The van der Waals surface area contributed by atoms with Gasteiger partial charge in [0, 0.05) is 24.7 Å². The molecule has 1 fully saturated rings. The summed E-state index contributed by atoms with van der Waals surface area (Å²) in [7, 11) is 0. The lowest BCUT2D eigenvalue weighted by molar-refractivity contribution is -0.128. The number of benzene rings is 1. The van der Waals surface area contributed by atoms with E-state index in [9.17, 15) is 4.79 Å². The van der Waals surface area contributed by atoms with Crippen LogP contribution in [0.25, 0.3) is 0 Å². The summed E-state index contributed by atoms with van der Waals surface area (Å²) in [5.74, 6) is 0.111. The highest BCUT2D eigenvalue weighted by atomic mass is 35.5. The molecule has 0 radical (unpaired) electrons. The molecule has 16 heavy (non-hydrogen) atoms. The van der Waals surface area contributed by atoms with Gasteiger partial charge in [-0.1, -0.05) is 23.7 Å². The second-order valence-electron chi connectivity index (χ2n) is 4.06. The van der Waals surface area contributed by atoms with E-state index < -0.39 is 0 Å². The topological polar surface area (TPSA) is 32.3 Å². The Morgan fingerprint density at radius 2 is 2.12 bits per heavy atom. The van der Waals surface area contributed by atoms with Gasteiger partial charge in [0.25, 0.3) is 0 Å². The molecule has 0 unspecified atom stereocenters. The molecule has 1 aromatic rings. The predicted molar refractivity (Wildman–Crippen MR) is 64.3 cm³/mol. The van der Waals surface area contributed by atoms with Crippen molar-refractivity contribution in [2.24, 2.45) is 0 Å². The number of hydrogen-bond acceptors (Lipinski definition) is 2. The fraction of sp³-hybridized carbons (Fsp3) is 0.417. The van der Waals surface area contributed by atoms with Crippen LogP contribution in [-0.4, -0.2) is 29.9 Å². The molecule has 1 N–H and O–H groups in total. The molecule has 1 heterocycles. The SMILES string of the molecule is C[C@H]1C(=O)NCCN1Cc1ccc(Cl)cc1. The summed E-state index contributed by atoms with van der Waals surface area (Å²) in [4.78, 5) is 13.6. The van der Waals surface area contributed by atoms with E-state index in [2.05, 4.69) is 10.2 Å². The molecule has 0 aliphatic carbocycles. The number of nitrogens with one attached hydrogen (secondary N) is 1. The van der Waals surface area contributed by atoms with Gasteiger partial charge in [-0.05, 0) is 24.6 Å². The van der Waals surface area contributed by atoms with E-state index >= 15 is 0 Å². The van der Waals surface area contributed by atoms with Crippen LogP contribution < -0.4 is 5.32 Å². The lowest BCUT2D eigenvalue weighted by Gasteiger charge is -2.32. The smallest absolute Gasteiger partial charge is 0.237 e. The third-order valence-electron chi connectivity index (χ3n) is 2.92. The van der Waals surface area contributed by atoms with Crippen LogP contribution in [0.3, 0.4) is 0 Å². The van der Waals surface area contributed by atoms with Crippen LogP contribution in [0.4, 0.5) is 0 Å². The Morgan fingerprint density at radius 3 is 2.81 bits per heavy atom. The zero-order valence-electron chi connectivity index (χ0n) is 9.24. The molecule has 4 heteroatoms. The number of carbonyl (C=O) groups is 1. The van der Waals surface area contributed by atoms with Crippen molar-refractivity contribution in [2.45, 2.75) is 19.5 Å². The van der Waals surface area contributed by atoms with Crippen molar-refractivity contribution in [2.75, 3.05) is 13.1 Å². The van der Waals surface area contributed by atoms with E-state index in [1.807, 2.05) is 31.2 Å². The predicted octanol–water partition coefficient (Wildman–Crippen LogP) is 1.66. The molecule has 1 amide bonds. The Hall–Kier alpha value is -1.06. The maximum Gasteiger partial charge on any atom is 0.237 e. The number of nitrogens with zero attached hydrogens (tertiary/aromatic N) is 1. The van der Waals surface area contributed by atoms with Crippen molar-refractivity contribution in [3.8, 4) is 0 Å². The number of amides is 1. The van der Waals surface area contributed by atoms with Gasteiger partial charge in [0.2, 0.25) is 5.91 Å². The first kappa shape index (κ1) is 11.4. The first-order valence-electron chi connectivity index (χ1n) is 5.43. The highest BCUT2D eigenvalue weighted by Gasteiger charge is 2.24. The minimum Gasteiger partial charge on any atom is -0.353 e. The minimum absolute atomic E-state index is 0.0515. The molecule has 0 bridgehead atoms. The number of halogens is 1. The van der Waals surface area contributed by atoms with E-state index in [4.69, 9.17) is 11.6 Å². The van der Waals surface area contributed by atoms with Crippen LogP contribution in [0.1, 0.15) is 12.5 Å². The summed E-state index contributed by atoms with van der Waals surface area (Å²) in [6.45, 7) is 4.36. The number of rotatable bonds is 2. The first-order valence-corrected chi connectivity index (χ1v) is 5.81. The Morgan fingerprint density at radius 1 is 1.44 bits per heavy atom. The van der Waals surface area contributed by atoms with Crippen LogP contribution in [0.15, 0.2) is 24.3 Å². The number of hydrogen-bond donors (Lipinski definition) is 1. The summed E-state index contributed by atoms with van der Waals surface area (Å²) < 4.78 is 0. The fourth-order valence-electron chi connectivity index (χ4n) is 1.87. The Balaban J connectivity index is 2.03. The first-order chi connectivity index (χ1) is 7.66. The maximum absolute atomic E-state index is 11.5. The quantitative estimate of drug-likeness (QED) is 0.850. The van der Waals surface area contributed by atoms with E-state index in [0.29, 0.717) is 0 Å². The van der Waals surface area contributed by atoms with Crippen LogP contribution >= 0.6 is 11.6 Å². The Kier molecular flexibility index (Phi) is 3.46. The molecule has 0 spiro atoms. The molecular formula is C12H15ClN2O. The standard InChI is InChI=1S/C12H15ClN2O/c1-9-12(16)14-6-7-15(9)8-10-2-4-11(13)5-3-10/h2-5,9H,6-8H2,1H3,(H,14,16)/t9-/m0/s1. The van der Waals surface area contributed by atoms with Gasteiger partial charge < -0.3 is 5.32 Å². The molecule has 0 aromatic heterocycles. The molecule has 1 atom stereocenters. The summed E-state index contributed by atoms with van der Waals surface area (Å²) in [6.07, 6.45) is 0. The largest absolute Gasteiger partial charge is 0.353 e. The molecule has 3 nitrogen and oxygen atoms in total. The van der Waals surface area contributed by atoms with Crippen LogP contribution in [0.2, 0.25) is 5.02 Å². The zero-order chi connectivity index (χ0) is 11.5. The van der Waals surface area contributed by atoms with Crippen molar-refractivity contribution >= 4 is 17.5 Å². The van der Waals surface area contributed by atoms with Gasteiger partial charge in [0.15, 0.2) is 0 Å². The second kappa shape index (κ2) is 4.85. The monoisotopic (exact) mass is 238 g/mol. The molecule has 1 aromatic carbocycles. The number of piperazine rings is 1. The van der Waals surface area contributed by atoms with Gasteiger partial charge in [-0.2, -0.15) is 0 Å². The van der Waals surface area contributed by atoms with E-state index in [1.54, 1.807) is 0 Å². The van der Waals surface area contributed by atoms with Crippen LogP contribution in [-0.2, 0) is 11.3 Å². The van der Waals surface area contributed by atoms with Crippen molar-refractivity contribution in [3.63, 3.8) is 0 Å². The molecule has 0 saturated carbocycles. The second-order valence-corrected chi connectivity index (χ2v) is 4.50. The fourth-order valence-corrected chi connectivity index (χ4v) is 2.00. The molecule has 2 rings (SSSR count). The van der Waals surface area contributed by atoms with Crippen molar-refractivity contribution in [1.29, 1.82) is 0 Å². The normalized spacial score (nSPS) is 21.9. The Labute approximate surface area is 100 Å². The van der Waals surface area contributed by atoms with Crippen molar-refractivity contribution < 1.29 is 4.79 Å². The summed E-state index contributed by atoms with van der Waals surface area (Å²) in [6, 6.07) is 7.71.